The van der Waals surface area contributed by atoms with Gasteiger partial charge >= 0.3 is 25.8 Å². The molecule has 0 aromatic rings. The van der Waals surface area contributed by atoms with E-state index in [-0.39, 0.29) is 25.8 Å². The van der Waals surface area contributed by atoms with Crippen LogP contribution in [0.5, 0.6) is 0 Å². The molecule has 3 atom stereocenters. The molecule has 0 aromatic heterocycles. The van der Waals surface area contributed by atoms with E-state index in [0.717, 1.165) is 20.8 Å². The van der Waals surface area contributed by atoms with Crippen molar-refractivity contribution in [3.05, 3.63) is 0 Å². The zero-order valence-electron chi connectivity index (χ0n) is 20.1. The molecule has 18 nitrogen and oxygen atoms in total. The molecule has 0 rings (SSSR count). The van der Waals surface area contributed by atoms with Gasteiger partial charge in [-0.15, -0.1) is 0 Å². The van der Waals surface area contributed by atoms with Crippen LogP contribution in [-0.2, 0) is 43.2 Å². The van der Waals surface area contributed by atoms with Gasteiger partial charge in [0.15, 0.2) is 0 Å². The summed E-state index contributed by atoms with van der Waals surface area (Å²) in [4.78, 5) is 92.7. The maximum atomic E-state index is 10.4. The van der Waals surface area contributed by atoms with Crippen LogP contribution in [0.15, 0.2) is 0 Å². The fourth-order valence-electron chi connectivity index (χ4n) is 1.92. The van der Waals surface area contributed by atoms with Crippen LogP contribution in [0.1, 0.15) is 40.0 Å². The third-order valence-corrected chi connectivity index (χ3v) is 3.20. The molecule has 204 valence electrons. The van der Waals surface area contributed by atoms with Crippen LogP contribution in [0.25, 0.3) is 0 Å². The predicted molar refractivity (Wildman–Crippen MR) is 115 cm³/mol. The summed E-state index contributed by atoms with van der Waals surface area (Å²) >= 11 is 0. The third kappa shape index (κ3) is 28.2. The molecule has 0 aliphatic carbocycles. The van der Waals surface area contributed by atoms with Crippen molar-refractivity contribution in [2.45, 2.75) is 58.2 Å². The Morgan fingerprint density at radius 2 is 0.676 bits per heavy atom. The minimum Gasteiger partial charge on any atom is -0.548 e. The number of primary amides is 3. The zero-order chi connectivity index (χ0) is 29.2. The molecule has 0 spiro atoms. The number of carbonyl (C=O) groups excluding carboxylic acids is 9. The number of nitrogens with one attached hydrogen (secondary N) is 3. The number of hydrogen-bond donors (Lipinski definition) is 6. The third-order valence-electron chi connectivity index (χ3n) is 3.20. The Labute approximate surface area is 228 Å². The van der Waals surface area contributed by atoms with Gasteiger partial charge in [-0.3, -0.25) is 28.8 Å². The first kappa shape index (κ1) is 40.3. The zero-order valence-corrected chi connectivity index (χ0v) is 23.4. The Balaban J connectivity index is -0.000000218. The van der Waals surface area contributed by atoms with Crippen molar-refractivity contribution in [3.8, 4) is 0 Å². The van der Waals surface area contributed by atoms with E-state index < -0.39 is 90.7 Å². The molecule has 0 saturated carbocycles. The number of aliphatic carboxylic acids is 3. The first-order valence-electron chi connectivity index (χ1n) is 9.58. The minimum absolute atomic E-state index is 0. The molecule has 0 aliphatic heterocycles. The quantitative estimate of drug-likeness (QED) is 0.117. The fraction of sp³-hybridized carbons (Fsp3) is 0.500. The smallest absolute Gasteiger partial charge is 0.548 e. The second-order valence-electron chi connectivity index (χ2n) is 6.73. The standard InChI is InChI=1S/3C6H10N2O4.In/c3*1-3(9)8-4(6(11)12)2-5(7)10;/h3*4H,2H2,1H3,(H2,7,10)(H,8,9)(H,11,12);/q;;;+3/p-3/t3*4-;/m000./s1. The molecule has 0 bridgehead atoms. The average Bonchev–Trinajstić information content (AvgIpc) is 2.65. The molecule has 19 heteroatoms. The van der Waals surface area contributed by atoms with Crippen LogP contribution >= 0.6 is 0 Å². The summed E-state index contributed by atoms with van der Waals surface area (Å²) in [7, 11) is 0. The van der Waals surface area contributed by atoms with Crippen LogP contribution in [0.2, 0.25) is 0 Å². The van der Waals surface area contributed by atoms with Crippen molar-refractivity contribution < 1.29 is 58.5 Å². The van der Waals surface area contributed by atoms with Gasteiger partial charge in [0.25, 0.3) is 0 Å². The monoisotopic (exact) mass is 634 g/mol. The minimum atomic E-state index is -1.52. The summed E-state index contributed by atoms with van der Waals surface area (Å²) in [6.45, 7) is 3.41. The van der Waals surface area contributed by atoms with E-state index >= 15 is 0 Å². The van der Waals surface area contributed by atoms with Gasteiger partial charge in [0.05, 0.1) is 55.3 Å². The maximum Gasteiger partial charge on any atom is 3.00 e. The summed E-state index contributed by atoms with van der Waals surface area (Å²) in [5.41, 5.74) is 14.2. The van der Waals surface area contributed by atoms with Gasteiger partial charge < -0.3 is 62.9 Å². The Kier molecular flexibility index (Phi) is 23.3. The van der Waals surface area contributed by atoms with Crippen LogP contribution in [0.4, 0.5) is 0 Å². The van der Waals surface area contributed by atoms with Gasteiger partial charge in [0.2, 0.25) is 35.4 Å². The Morgan fingerprint density at radius 1 is 0.514 bits per heavy atom. The molecule has 37 heavy (non-hydrogen) atoms. The fourth-order valence-corrected chi connectivity index (χ4v) is 1.92. The number of carboxylic acid groups (broad SMARTS) is 3. The number of rotatable bonds is 12. The van der Waals surface area contributed by atoms with Crippen molar-refractivity contribution in [3.63, 3.8) is 0 Å². The Morgan fingerprint density at radius 3 is 0.757 bits per heavy atom. The number of nitrogens with two attached hydrogens (primary N) is 3. The predicted octanol–water partition coefficient (Wildman–Crippen LogP) is -9.03. The average molecular weight is 634 g/mol. The molecule has 6 amide bonds. The van der Waals surface area contributed by atoms with E-state index in [2.05, 4.69) is 0 Å². The molecular formula is C18H27InN6O12. The molecule has 0 radical (unpaired) electrons. The maximum absolute atomic E-state index is 10.4. The molecule has 0 aliphatic rings. The van der Waals surface area contributed by atoms with Gasteiger partial charge in [-0.25, -0.2) is 0 Å². The van der Waals surface area contributed by atoms with Crippen LogP contribution in [0, 0.1) is 0 Å². The van der Waals surface area contributed by atoms with Gasteiger partial charge in [-0.05, 0) is 0 Å². The van der Waals surface area contributed by atoms with Crippen molar-refractivity contribution in [1.29, 1.82) is 0 Å². The van der Waals surface area contributed by atoms with Crippen LogP contribution in [0.3, 0.4) is 0 Å². The number of hydrogen-bond acceptors (Lipinski definition) is 12. The van der Waals surface area contributed by atoms with E-state index in [1.807, 2.05) is 16.0 Å². The molecule has 0 heterocycles. The molecule has 0 unspecified atom stereocenters. The summed E-state index contributed by atoms with van der Waals surface area (Å²) < 4.78 is 0. The van der Waals surface area contributed by atoms with Crippen molar-refractivity contribution in [2.24, 2.45) is 17.2 Å². The van der Waals surface area contributed by atoms with Crippen molar-refractivity contribution >= 4 is 79.2 Å². The van der Waals surface area contributed by atoms with Gasteiger partial charge in [-0.2, -0.15) is 0 Å². The number of carbonyl (C=O) groups is 9. The molecule has 0 aromatic carbocycles. The largest absolute Gasteiger partial charge is 3.00 e. The second kappa shape index (κ2) is 21.4. The normalized spacial score (nSPS) is 11.4. The molecular weight excluding hydrogens is 607 g/mol. The van der Waals surface area contributed by atoms with Gasteiger partial charge in [-0.1, -0.05) is 0 Å². The second-order valence-corrected chi connectivity index (χ2v) is 6.73. The number of amides is 6. The van der Waals surface area contributed by atoms with Gasteiger partial charge in [0.1, 0.15) is 0 Å². The Bertz CT molecular complexity index is 709. The molecule has 0 fully saturated rings. The summed E-state index contributed by atoms with van der Waals surface area (Å²) in [5, 5.41) is 36.7. The summed E-state index contributed by atoms with van der Waals surface area (Å²) in [5.74, 6) is -8.65. The number of carboxylic acids is 3. The van der Waals surface area contributed by atoms with Crippen molar-refractivity contribution in [2.75, 3.05) is 0 Å². The van der Waals surface area contributed by atoms with Gasteiger partial charge in [0, 0.05) is 20.8 Å². The summed E-state index contributed by atoms with van der Waals surface area (Å²) in [6, 6.07) is -4.00. The van der Waals surface area contributed by atoms with E-state index in [1.54, 1.807) is 0 Å². The molecule has 0 saturated heterocycles. The SMILES string of the molecule is CC(=O)N[C@@H](CC(N)=O)C(=O)[O-].CC(=O)N[C@@H](CC(N)=O)C(=O)[O-].CC(=O)N[C@@H](CC(N)=O)C(=O)[O-].[In+3]. The van der Waals surface area contributed by atoms with E-state index in [9.17, 15) is 58.5 Å². The summed E-state index contributed by atoms with van der Waals surface area (Å²) in [6.07, 6.45) is -1.37. The Hall–Kier alpha value is -3.90. The van der Waals surface area contributed by atoms with E-state index in [0.29, 0.717) is 0 Å². The van der Waals surface area contributed by atoms with E-state index in [4.69, 9.17) is 17.2 Å². The van der Waals surface area contributed by atoms with E-state index in [1.165, 1.54) is 0 Å². The first-order chi connectivity index (χ1) is 16.3. The topological polar surface area (TPSA) is 337 Å². The van der Waals surface area contributed by atoms with Crippen LogP contribution in [-0.4, -0.2) is 97.3 Å². The molecule has 9 N–H and O–H groups in total. The van der Waals surface area contributed by atoms with Crippen molar-refractivity contribution in [1.82, 2.24) is 16.0 Å². The first-order valence-corrected chi connectivity index (χ1v) is 9.58. The van der Waals surface area contributed by atoms with Crippen LogP contribution < -0.4 is 48.5 Å².